The molecule has 1 unspecified atom stereocenters. The third-order valence-corrected chi connectivity index (χ3v) is 4.58. The zero-order valence-corrected chi connectivity index (χ0v) is 15.6. The van der Waals surface area contributed by atoms with Crippen LogP contribution in [0.3, 0.4) is 0 Å². The average molecular weight is 365 g/mol. The van der Waals surface area contributed by atoms with Crippen molar-refractivity contribution in [2.45, 2.75) is 19.8 Å². The van der Waals surface area contributed by atoms with Gasteiger partial charge in [-0.3, -0.25) is 9.59 Å². The van der Waals surface area contributed by atoms with Crippen molar-refractivity contribution >= 4 is 23.4 Å². The molecular weight excluding hydrogens is 342 g/mol. The summed E-state index contributed by atoms with van der Waals surface area (Å²) < 4.78 is 5.17. The number of hydrogen-bond acceptors (Lipinski definition) is 4. The Morgan fingerprint density at radius 1 is 1.19 bits per heavy atom. The zero-order chi connectivity index (χ0) is 19.2. The molecule has 27 heavy (non-hydrogen) atoms. The van der Waals surface area contributed by atoms with Gasteiger partial charge < -0.3 is 9.64 Å². The van der Waals surface area contributed by atoms with Gasteiger partial charge >= 0.3 is 0 Å². The van der Waals surface area contributed by atoms with Crippen LogP contribution in [0.2, 0.25) is 0 Å². The molecule has 1 atom stereocenters. The number of hydrogen-bond donors (Lipinski definition) is 0. The number of allylic oxidation sites excluding steroid dienone is 3. The first-order valence-corrected chi connectivity index (χ1v) is 9.06. The maximum atomic E-state index is 12.4. The van der Waals surface area contributed by atoms with E-state index in [-0.39, 0.29) is 18.4 Å². The van der Waals surface area contributed by atoms with E-state index in [0.717, 1.165) is 11.3 Å². The quantitative estimate of drug-likeness (QED) is 0.746. The number of methoxy groups -OCH3 is 1. The molecule has 1 aromatic carbocycles. The molecule has 0 aromatic heterocycles. The molecule has 6 heteroatoms. The molecule has 6 nitrogen and oxygen atoms in total. The fourth-order valence-electron chi connectivity index (χ4n) is 3.03. The maximum Gasteiger partial charge on any atom is 0.260 e. The summed E-state index contributed by atoms with van der Waals surface area (Å²) in [6.07, 6.45) is 8.39. The Morgan fingerprint density at radius 3 is 2.67 bits per heavy atom. The van der Waals surface area contributed by atoms with Crippen LogP contribution in [0.25, 0.3) is 0 Å². The fraction of sp³-hybridized carbons (Fsp3) is 0.333. The highest BCUT2D eigenvalue weighted by molar-refractivity contribution is 6.21. The van der Waals surface area contributed by atoms with Gasteiger partial charge in [-0.15, -0.1) is 0 Å². The van der Waals surface area contributed by atoms with Gasteiger partial charge in [-0.1, -0.05) is 37.3 Å². The SMILES string of the molecule is CCC(=O)N(CCc1ccc(OC)cc1)CC1=NC(=O)C2C=CC=CC2=N1. The maximum absolute atomic E-state index is 12.4. The minimum absolute atomic E-state index is 0.0140. The Bertz CT molecular complexity index is 835. The number of carbonyl (C=O) groups excluding carboxylic acids is 2. The third-order valence-electron chi connectivity index (χ3n) is 4.58. The molecular formula is C21H23N3O3. The van der Waals surface area contributed by atoms with Crippen LogP contribution < -0.4 is 4.74 Å². The van der Waals surface area contributed by atoms with Crippen LogP contribution in [0.1, 0.15) is 18.9 Å². The Kier molecular flexibility index (Phi) is 5.96. The highest BCUT2D eigenvalue weighted by Gasteiger charge is 2.27. The number of amidine groups is 1. The lowest BCUT2D eigenvalue weighted by atomic mass is 9.96. The smallest absolute Gasteiger partial charge is 0.260 e. The van der Waals surface area contributed by atoms with Gasteiger partial charge in [0.05, 0.1) is 19.4 Å². The van der Waals surface area contributed by atoms with Crippen molar-refractivity contribution in [1.82, 2.24) is 4.90 Å². The summed E-state index contributed by atoms with van der Waals surface area (Å²) in [5, 5.41) is 0. The van der Waals surface area contributed by atoms with Crippen molar-refractivity contribution in [3.8, 4) is 5.75 Å². The van der Waals surface area contributed by atoms with E-state index in [1.165, 1.54) is 0 Å². The number of benzene rings is 1. The molecule has 1 aliphatic carbocycles. The van der Waals surface area contributed by atoms with Crippen molar-refractivity contribution in [3.63, 3.8) is 0 Å². The second kappa shape index (κ2) is 8.58. The number of nitrogens with zero attached hydrogens (tertiary/aromatic N) is 3. The molecule has 0 fully saturated rings. The predicted molar refractivity (Wildman–Crippen MR) is 105 cm³/mol. The molecule has 0 saturated heterocycles. The minimum Gasteiger partial charge on any atom is -0.497 e. The van der Waals surface area contributed by atoms with E-state index < -0.39 is 5.92 Å². The molecule has 3 rings (SSSR count). The number of amides is 2. The molecule has 2 amide bonds. The Morgan fingerprint density at radius 2 is 1.96 bits per heavy atom. The van der Waals surface area contributed by atoms with Gasteiger partial charge in [-0.2, -0.15) is 4.99 Å². The number of rotatable bonds is 7. The van der Waals surface area contributed by atoms with E-state index >= 15 is 0 Å². The monoisotopic (exact) mass is 365 g/mol. The summed E-state index contributed by atoms with van der Waals surface area (Å²) in [5.41, 5.74) is 1.80. The number of fused-ring (bicyclic) bond motifs is 1. The van der Waals surface area contributed by atoms with Gasteiger partial charge in [0.2, 0.25) is 5.91 Å². The fourth-order valence-corrected chi connectivity index (χ4v) is 3.03. The van der Waals surface area contributed by atoms with Gasteiger partial charge in [0.1, 0.15) is 11.7 Å². The van der Waals surface area contributed by atoms with Crippen LogP contribution in [-0.2, 0) is 16.0 Å². The minimum atomic E-state index is -0.395. The van der Waals surface area contributed by atoms with Crippen LogP contribution in [0.4, 0.5) is 0 Å². The van der Waals surface area contributed by atoms with Gasteiger partial charge in [0, 0.05) is 13.0 Å². The van der Waals surface area contributed by atoms with Gasteiger partial charge in [0.25, 0.3) is 5.91 Å². The normalized spacial score (nSPS) is 17.9. The van der Waals surface area contributed by atoms with Gasteiger partial charge in [-0.25, -0.2) is 4.99 Å². The Balaban J connectivity index is 1.69. The first kappa shape index (κ1) is 18.8. The van der Waals surface area contributed by atoms with E-state index in [4.69, 9.17) is 4.74 Å². The highest BCUT2D eigenvalue weighted by atomic mass is 16.5. The molecule has 0 radical (unpaired) electrons. The van der Waals surface area contributed by atoms with Crippen molar-refractivity contribution in [2.24, 2.45) is 15.9 Å². The largest absolute Gasteiger partial charge is 0.497 e. The van der Waals surface area contributed by atoms with E-state index in [1.54, 1.807) is 18.1 Å². The second-order valence-electron chi connectivity index (χ2n) is 6.39. The van der Waals surface area contributed by atoms with E-state index in [9.17, 15) is 9.59 Å². The average Bonchev–Trinajstić information content (AvgIpc) is 2.71. The summed E-state index contributed by atoms with van der Waals surface area (Å²) in [5.74, 6) is 0.584. The summed E-state index contributed by atoms with van der Waals surface area (Å²) in [6, 6.07) is 7.78. The summed E-state index contributed by atoms with van der Waals surface area (Å²) >= 11 is 0. The van der Waals surface area contributed by atoms with Gasteiger partial charge in [0.15, 0.2) is 5.84 Å². The lowest BCUT2D eigenvalue weighted by Gasteiger charge is -2.24. The highest BCUT2D eigenvalue weighted by Crippen LogP contribution is 2.17. The second-order valence-corrected chi connectivity index (χ2v) is 6.39. The Hall–Kier alpha value is -3.02. The predicted octanol–water partition coefficient (Wildman–Crippen LogP) is 2.60. The Labute approximate surface area is 159 Å². The molecule has 140 valence electrons. The summed E-state index contributed by atoms with van der Waals surface area (Å²) in [6.45, 7) is 2.60. The van der Waals surface area contributed by atoms with Crippen molar-refractivity contribution in [3.05, 3.63) is 54.1 Å². The molecule has 0 bridgehead atoms. The summed E-state index contributed by atoms with van der Waals surface area (Å²) in [7, 11) is 1.63. The third kappa shape index (κ3) is 4.58. The van der Waals surface area contributed by atoms with Crippen molar-refractivity contribution in [2.75, 3.05) is 20.2 Å². The molecule has 0 N–H and O–H groups in total. The molecule has 1 aliphatic heterocycles. The first-order chi connectivity index (χ1) is 13.1. The van der Waals surface area contributed by atoms with Crippen LogP contribution in [0.15, 0.2) is 58.6 Å². The van der Waals surface area contributed by atoms with Crippen molar-refractivity contribution in [1.29, 1.82) is 0 Å². The van der Waals surface area contributed by atoms with Gasteiger partial charge in [-0.05, 0) is 30.2 Å². The van der Waals surface area contributed by atoms with Crippen LogP contribution in [0.5, 0.6) is 5.75 Å². The molecule has 0 saturated carbocycles. The molecule has 1 aromatic rings. The number of carbonyl (C=O) groups is 2. The zero-order valence-electron chi connectivity index (χ0n) is 15.6. The number of ether oxygens (including phenoxy) is 1. The molecule has 0 spiro atoms. The van der Waals surface area contributed by atoms with E-state index in [0.29, 0.717) is 30.9 Å². The van der Waals surface area contributed by atoms with Crippen LogP contribution in [-0.4, -0.2) is 48.5 Å². The number of aliphatic imine (C=N–C) groups is 2. The van der Waals surface area contributed by atoms with E-state index in [1.807, 2.05) is 49.4 Å². The van der Waals surface area contributed by atoms with E-state index in [2.05, 4.69) is 9.98 Å². The lowest BCUT2D eigenvalue weighted by molar-refractivity contribution is -0.130. The summed E-state index contributed by atoms with van der Waals surface area (Å²) in [4.78, 5) is 34.9. The lowest BCUT2D eigenvalue weighted by Crippen LogP contribution is -2.38. The van der Waals surface area contributed by atoms with Crippen molar-refractivity contribution < 1.29 is 14.3 Å². The standard InChI is InChI=1S/C21H23N3O3/c1-3-20(25)24(13-12-15-8-10-16(27-2)11-9-15)14-19-22-18-7-5-4-6-17(18)21(26)23-19/h4-11,17H,3,12-14H2,1-2H3. The first-order valence-electron chi connectivity index (χ1n) is 9.06. The van der Waals surface area contributed by atoms with Crippen LogP contribution in [0, 0.1) is 5.92 Å². The topological polar surface area (TPSA) is 71.3 Å². The molecule has 1 heterocycles. The van der Waals surface area contributed by atoms with Crippen LogP contribution >= 0.6 is 0 Å². The molecule has 2 aliphatic rings.